The number of hydrogen-bond acceptors (Lipinski definition) is 3. The summed E-state index contributed by atoms with van der Waals surface area (Å²) in [6, 6.07) is 17.0. The Balaban J connectivity index is 1.74. The second-order valence-corrected chi connectivity index (χ2v) is 5.79. The predicted molar refractivity (Wildman–Crippen MR) is 85.1 cm³/mol. The van der Waals surface area contributed by atoms with E-state index in [0.29, 0.717) is 5.92 Å². The highest BCUT2D eigenvalue weighted by Crippen LogP contribution is 2.29. The van der Waals surface area contributed by atoms with Crippen molar-refractivity contribution in [3.05, 3.63) is 65.2 Å². The molecule has 1 aliphatic heterocycles. The van der Waals surface area contributed by atoms with E-state index in [9.17, 15) is 0 Å². The Morgan fingerprint density at radius 3 is 2.76 bits per heavy atom. The zero-order valence-corrected chi connectivity index (χ0v) is 12.4. The third kappa shape index (κ3) is 3.09. The smallest absolute Gasteiger partial charge is 0.122 e. The molecule has 1 heterocycles. The molecule has 0 aliphatic carbocycles. The Morgan fingerprint density at radius 1 is 1.19 bits per heavy atom. The minimum atomic E-state index is 0.222. The van der Waals surface area contributed by atoms with Crippen molar-refractivity contribution in [2.24, 2.45) is 11.8 Å². The molecule has 0 spiro atoms. The molecule has 2 atom stereocenters. The van der Waals surface area contributed by atoms with E-state index in [-0.39, 0.29) is 6.04 Å². The Morgan fingerprint density at radius 2 is 1.95 bits per heavy atom. The number of para-hydroxylation sites is 1. The van der Waals surface area contributed by atoms with Crippen LogP contribution in [0.5, 0.6) is 5.75 Å². The van der Waals surface area contributed by atoms with Gasteiger partial charge in [-0.2, -0.15) is 0 Å². The first-order chi connectivity index (χ1) is 10.3. The summed E-state index contributed by atoms with van der Waals surface area (Å²) in [5, 5.41) is 0. The first-order valence-corrected chi connectivity index (χ1v) is 7.49. The molecule has 21 heavy (non-hydrogen) atoms. The largest absolute Gasteiger partial charge is 0.493 e. The van der Waals surface area contributed by atoms with Crippen molar-refractivity contribution in [2.75, 3.05) is 6.61 Å². The van der Waals surface area contributed by atoms with Gasteiger partial charge in [-0.15, -0.1) is 0 Å². The Bertz CT molecular complexity index is 612. The molecule has 0 fully saturated rings. The van der Waals surface area contributed by atoms with Gasteiger partial charge < -0.3 is 4.74 Å². The maximum atomic E-state index is 5.89. The number of hydrogen-bond donors (Lipinski definition) is 2. The molecule has 3 heteroatoms. The van der Waals surface area contributed by atoms with E-state index in [1.165, 1.54) is 16.7 Å². The minimum Gasteiger partial charge on any atom is -0.493 e. The average molecular weight is 282 g/mol. The molecule has 0 aromatic heterocycles. The number of nitrogens with two attached hydrogens (primary N) is 1. The normalized spacial score (nSPS) is 18.7. The van der Waals surface area contributed by atoms with Crippen molar-refractivity contribution < 1.29 is 4.74 Å². The summed E-state index contributed by atoms with van der Waals surface area (Å²) in [6.45, 7) is 2.87. The summed E-state index contributed by atoms with van der Waals surface area (Å²) in [7, 11) is 0. The minimum absolute atomic E-state index is 0.222. The van der Waals surface area contributed by atoms with Crippen LogP contribution in [0.3, 0.4) is 0 Å². The van der Waals surface area contributed by atoms with Crippen molar-refractivity contribution in [3.8, 4) is 5.75 Å². The number of hydrazine groups is 1. The number of benzene rings is 2. The van der Waals surface area contributed by atoms with E-state index in [1.807, 2.05) is 12.1 Å². The fraction of sp³-hybridized carbons (Fsp3) is 0.333. The van der Waals surface area contributed by atoms with Gasteiger partial charge in [0.25, 0.3) is 0 Å². The highest BCUT2D eigenvalue weighted by molar-refractivity contribution is 5.35. The fourth-order valence-electron chi connectivity index (χ4n) is 3.05. The van der Waals surface area contributed by atoms with Crippen molar-refractivity contribution in [2.45, 2.75) is 25.8 Å². The van der Waals surface area contributed by atoms with E-state index in [2.05, 4.69) is 48.7 Å². The summed E-state index contributed by atoms with van der Waals surface area (Å²) < 4.78 is 5.89. The van der Waals surface area contributed by atoms with Crippen molar-refractivity contribution in [1.82, 2.24) is 5.43 Å². The van der Waals surface area contributed by atoms with Crippen LogP contribution in [0.15, 0.2) is 48.5 Å². The highest BCUT2D eigenvalue weighted by atomic mass is 16.5. The number of fused-ring (bicyclic) bond motifs is 1. The number of nitrogens with one attached hydrogen (secondary N) is 1. The van der Waals surface area contributed by atoms with Crippen LogP contribution < -0.4 is 16.0 Å². The zero-order valence-electron chi connectivity index (χ0n) is 12.4. The highest BCUT2D eigenvalue weighted by Gasteiger charge is 2.27. The monoisotopic (exact) mass is 282 g/mol. The summed E-state index contributed by atoms with van der Waals surface area (Å²) in [4.78, 5) is 0. The third-order valence-corrected chi connectivity index (χ3v) is 4.39. The molecule has 3 nitrogen and oxygen atoms in total. The van der Waals surface area contributed by atoms with Crippen LogP contribution >= 0.6 is 0 Å². The second-order valence-electron chi connectivity index (χ2n) is 5.79. The first-order valence-electron chi connectivity index (χ1n) is 7.49. The maximum Gasteiger partial charge on any atom is 0.122 e. The molecule has 2 unspecified atom stereocenters. The van der Waals surface area contributed by atoms with Crippen LogP contribution in [0, 0.1) is 12.8 Å². The molecule has 0 saturated carbocycles. The number of rotatable bonds is 4. The molecule has 2 aromatic rings. The summed E-state index contributed by atoms with van der Waals surface area (Å²) in [5.41, 5.74) is 6.94. The molecule has 2 aromatic carbocycles. The van der Waals surface area contributed by atoms with Gasteiger partial charge in [0.2, 0.25) is 0 Å². The summed E-state index contributed by atoms with van der Waals surface area (Å²) in [5.74, 6) is 7.22. The van der Waals surface area contributed by atoms with Gasteiger partial charge >= 0.3 is 0 Å². The predicted octanol–water partition coefficient (Wildman–Crippen LogP) is 2.62. The van der Waals surface area contributed by atoms with E-state index in [1.54, 1.807) is 0 Å². The molecule has 0 saturated heterocycles. The Hall–Kier alpha value is -1.84. The molecular formula is C18H22N2O. The van der Waals surface area contributed by atoms with Gasteiger partial charge in [0.1, 0.15) is 5.75 Å². The molecule has 110 valence electrons. The van der Waals surface area contributed by atoms with Gasteiger partial charge in [0.15, 0.2) is 0 Å². The van der Waals surface area contributed by atoms with E-state index >= 15 is 0 Å². The number of ether oxygens (including phenoxy) is 1. The fourth-order valence-corrected chi connectivity index (χ4v) is 3.05. The molecular weight excluding hydrogens is 260 g/mol. The average Bonchev–Trinajstić information content (AvgIpc) is 2.54. The lowest BCUT2D eigenvalue weighted by atomic mass is 9.86. The lowest BCUT2D eigenvalue weighted by Gasteiger charge is -2.31. The molecule has 3 rings (SSSR count). The first kappa shape index (κ1) is 14.1. The molecule has 0 amide bonds. The quantitative estimate of drug-likeness (QED) is 0.669. The van der Waals surface area contributed by atoms with Gasteiger partial charge in [-0.05, 0) is 42.5 Å². The van der Waals surface area contributed by atoms with Gasteiger partial charge in [0.05, 0.1) is 6.61 Å². The summed E-state index contributed by atoms with van der Waals surface area (Å²) in [6.07, 6.45) is 1.94. The lowest BCUT2D eigenvalue weighted by molar-refractivity contribution is 0.183. The van der Waals surface area contributed by atoms with Crippen LogP contribution in [0.2, 0.25) is 0 Å². The van der Waals surface area contributed by atoms with E-state index < -0.39 is 0 Å². The third-order valence-electron chi connectivity index (χ3n) is 4.39. The van der Waals surface area contributed by atoms with Crippen molar-refractivity contribution >= 4 is 0 Å². The van der Waals surface area contributed by atoms with Crippen LogP contribution in [0.4, 0.5) is 0 Å². The van der Waals surface area contributed by atoms with Crippen LogP contribution in [-0.4, -0.2) is 12.6 Å². The molecule has 1 aliphatic rings. The van der Waals surface area contributed by atoms with Crippen molar-refractivity contribution in [3.63, 3.8) is 0 Å². The molecule has 0 radical (unpaired) electrons. The van der Waals surface area contributed by atoms with Crippen molar-refractivity contribution in [1.29, 1.82) is 0 Å². The van der Waals surface area contributed by atoms with E-state index in [0.717, 1.165) is 25.2 Å². The lowest BCUT2D eigenvalue weighted by Crippen LogP contribution is -2.46. The van der Waals surface area contributed by atoms with Crippen LogP contribution in [-0.2, 0) is 12.8 Å². The molecule has 3 N–H and O–H groups in total. The second kappa shape index (κ2) is 6.29. The summed E-state index contributed by atoms with van der Waals surface area (Å²) >= 11 is 0. The van der Waals surface area contributed by atoms with Gasteiger partial charge in [-0.3, -0.25) is 11.3 Å². The van der Waals surface area contributed by atoms with Gasteiger partial charge in [0, 0.05) is 12.0 Å². The SMILES string of the molecule is Cc1ccccc1CC(NN)C1COc2ccccc2C1. The van der Waals surface area contributed by atoms with Gasteiger partial charge in [-0.1, -0.05) is 42.5 Å². The number of aryl methyl sites for hydroxylation is 1. The molecule has 0 bridgehead atoms. The zero-order chi connectivity index (χ0) is 14.7. The van der Waals surface area contributed by atoms with Crippen LogP contribution in [0.1, 0.15) is 16.7 Å². The topological polar surface area (TPSA) is 47.3 Å². The Labute approximate surface area is 126 Å². The van der Waals surface area contributed by atoms with Gasteiger partial charge in [-0.25, -0.2) is 0 Å². The van der Waals surface area contributed by atoms with Crippen LogP contribution in [0.25, 0.3) is 0 Å². The Kier molecular flexibility index (Phi) is 4.23. The standard InChI is InChI=1S/C18H22N2O/c1-13-6-2-3-7-14(13)11-17(20-19)16-10-15-8-4-5-9-18(15)21-12-16/h2-9,16-17,20H,10-12,19H2,1H3. The maximum absolute atomic E-state index is 5.89. The van der Waals surface area contributed by atoms with E-state index in [4.69, 9.17) is 10.6 Å².